The molecule has 0 saturated heterocycles. The number of amides is 1. The summed E-state index contributed by atoms with van der Waals surface area (Å²) in [7, 11) is 1.70. The predicted octanol–water partition coefficient (Wildman–Crippen LogP) is 1.46. The second-order valence-corrected chi connectivity index (χ2v) is 4.94. The molecule has 0 bridgehead atoms. The van der Waals surface area contributed by atoms with Crippen molar-refractivity contribution in [2.75, 3.05) is 12.3 Å². The van der Waals surface area contributed by atoms with Gasteiger partial charge < -0.3 is 16.0 Å². The van der Waals surface area contributed by atoms with Crippen molar-refractivity contribution in [3.63, 3.8) is 0 Å². The second-order valence-electron chi connectivity index (χ2n) is 4.94. The van der Waals surface area contributed by atoms with E-state index < -0.39 is 0 Å². The van der Waals surface area contributed by atoms with Gasteiger partial charge in [0.15, 0.2) is 0 Å². The van der Waals surface area contributed by atoms with E-state index in [2.05, 4.69) is 21.5 Å². The molecule has 0 aliphatic carbocycles. The Labute approximate surface area is 121 Å². The molecule has 6 nitrogen and oxygen atoms in total. The van der Waals surface area contributed by atoms with Crippen molar-refractivity contribution in [1.29, 1.82) is 0 Å². The highest BCUT2D eigenvalue weighted by Gasteiger charge is 2.14. The number of nitrogens with one attached hydrogen (secondary N) is 2. The summed E-state index contributed by atoms with van der Waals surface area (Å²) in [6, 6.07) is 8.11. The number of hydrogen-bond acceptors (Lipinski definition) is 3. The number of nitrogens with two attached hydrogens (primary N) is 1. The Hall–Kier alpha value is -2.76. The smallest absolute Gasteiger partial charge is 0.271 e. The fourth-order valence-corrected chi connectivity index (χ4v) is 2.47. The molecule has 2 heterocycles. The first-order valence-corrected chi connectivity index (χ1v) is 6.77. The number of carbonyl (C=O) groups is 1. The van der Waals surface area contributed by atoms with E-state index in [0.717, 1.165) is 11.9 Å². The summed E-state index contributed by atoms with van der Waals surface area (Å²) in [4.78, 5) is 15.3. The van der Waals surface area contributed by atoms with Crippen LogP contribution in [0.3, 0.4) is 0 Å². The van der Waals surface area contributed by atoms with Gasteiger partial charge in [-0.25, -0.2) is 0 Å². The van der Waals surface area contributed by atoms with Gasteiger partial charge in [0.1, 0.15) is 5.69 Å². The molecule has 3 aromatic rings. The SMILES string of the molecule is Cn1ncc(N)c1C(=O)NCCc1c[nH]c2ccccc12. The van der Waals surface area contributed by atoms with Crippen molar-refractivity contribution < 1.29 is 4.79 Å². The molecule has 21 heavy (non-hydrogen) atoms. The van der Waals surface area contributed by atoms with Crippen LogP contribution in [0.15, 0.2) is 36.7 Å². The lowest BCUT2D eigenvalue weighted by atomic mass is 10.1. The van der Waals surface area contributed by atoms with Gasteiger partial charge in [-0.1, -0.05) is 18.2 Å². The van der Waals surface area contributed by atoms with Gasteiger partial charge in [-0.2, -0.15) is 5.10 Å². The number of fused-ring (bicyclic) bond motifs is 1. The Morgan fingerprint density at radius 1 is 1.43 bits per heavy atom. The van der Waals surface area contributed by atoms with Gasteiger partial charge in [0, 0.05) is 30.7 Å². The van der Waals surface area contributed by atoms with Crippen LogP contribution in [0.25, 0.3) is 10.9 Å². The minimum Gasteiger partial charge on any atom is -0.396 e. The molecular formula is C15H17N5O. The maximum absolute atomic E-state index is 12.1. The van der Waals surface area contributed by atoms with Crippen molar-refractivity contribution in [2.45, 2.75) is 6.42 Å². The van der Waals surface area contributed by atoms with Crippen LogP contribution in [0.1, 0.15) is 16.1 Å². The molecule has 1 aromatic carbocycles. The first-order chi connectivity index (χ1) is 10.2. The highest BCUT2D eigenvalue weighted by Crippen LogP contribution is 2.17. The number of anilines is 1. The molecule has 0 aliphatic heterocycles. The average Bonchev–Trinajstić information content (AvgIpc) is 3.03. The maximum Gasteiger partial charge on any atom is 0.271 e. The number of nitrogens with zero attached hydrogens (tertiary/aromatic N) is 2. The predicted molar refractivity (Wildman–Crippen MR) is 82.0 cm³/mol. The molecule has 0 spiro atoms. The summed E-state index contributed by atoms with van der Waals surface area (Å²) in [6.45, 7) is 0.547. The van der Waals surface area contributed by atoms with Crippen LogP contribution in [-0.4, -0.2) is 27.2 Å². The third kappa shape index (κ3) is 2.47. The summed E-state index contributed by atoms with van der Waals surface area (Å²) in [5.41, 5.74) is 8.81. The molecule has 0 saturated carbocycles. The largest absolute Gasteiger partial charge is 0.396 e. The number of hydrogen-bond donors (Lipinski definition) is 3. The number of aryl methyl sites for hydroxylation is 1. The maximum atomic E-state index is 12.1. The second kappa shape index (κ2) is 5.32. The van der Waals surface area contributed by atoms with Crippen LogP contribution in [-0.2, 0) is 13.5 Å². The number of para-hydroxylation sites is 1. The number of H-pyrrole nitrogens is 1. The van der Waals surface area contributed by atoms with Gasteiger partial charge in [-0.15, -0.1) is 0 Å². The van der Waals surface area contributed by atoms with Gasteiger partial charge in [-0.3, -0.25) is 9.48 Å². The third-order valence-corrected chi connectivity index (χ3v) is 3.54. The molecule has 2 aromatic heterocycles. The minimum atomic E-state index is -0.202. The van der Waals surface area contributed by atoms with E-state index in [4.69, 9.17) is 5.73 Å². The Kier molecular flexibility index (Phi) is 3.35. The normalized spacial score (nSPS) is 10.9. The number of benzene rings is 1. The fraction of sp³-hybridized carbons (Fsp3) is 0.200. The molecule has 0 aliphatic rings. The quantitative estimate of drug-likeness (QED) is 0.677. The van der Waals surface area contributed by atoms with Gasteiger partial charge in [0.2, 0.25) is 0 Å². The summed E-state index contributed by atoms with van der Waals surface area (Å²) in [5.74, 6) is -0.202. The lowest BCUT2D eigenvalue weighted by molar-refractivity contribution is 0.0945. The first kappa shape index (κ1) is 13.2. The van der Waals surface area contributed by atoms with E-state index in [9.17, 15) is 4.79 Å². The summed E-state index contributed by atoms with van der Waals surface area (Å²) in [6.07, 6.45) is 4.22. The topological polar surface area (TPSA) is 88.7 Å². The van der Waals surface area contributed by atoms with Gasteiger partial charge >= 0.3 is 0 Å². The molecule has 1 amide bonds. The van der Waals surface area contributed by atoms with E-state index in [1.165, 1.54) is 21.8 Å². The zero-order chi connectivity index (χ0) is 14.8. The molecule has 0 radical (unpaired) electrons. The summed E-state index contributed by atoms with van der Waals surface area (Å²) < 4.78 is 1.48. The van der Waals surface area contributed by atoms with E-state index >= 15 is 0 Å². The van der Waals surface area contributed by atoms with Crippen molar-refractivity contribution in [1.82, 2.24) is 20.1 Å². The first-order valence-electron chi connectivity index (χ1n) is 6.77. The lowest BCUT2D eigenvalue weighted by Gasteiger charge is -2.06. The van der Waals surface area contributed by atoms with Crippen molar-refractivity contribution >= 4 is 22.5 Å². The van der Waals surface area contributed by atoms with Crippen LogP contribution in [0.4, 0.5) is 5.69 Å². The number of rotatable bonds is 4. The highest BCUT2D eigenvalue weighted by atomic mass is 16.2. The van der Waals surface area contributed by atoms with Gasteiger partial charge in [-0.05, 0) is 18.1 Å². The standard InChI is InChI=1S/C15H17N5O/c1-20-14(12(16)9-19-20)15(21)17-7-6-10-8-18-13-5-3-2-4-11(10)13/h2-5,8-9,18H,6-7,16H2,1H3,(H,17,21). The van der Waals surface area contributed by atoms with Crippen molar-refractivity contribution in [3.8, 4) is 0 Å². The molecule has 108 valence electrons. The number of nitrogen functional groups attached to an aromatic ring is 1. The van der Waals surface area contributed by atoms with E-state index in [0.29, 0.717) is 17.9 Å². The molecule has 4 N–H and O–H groups in total. The van der Waals surface area contributed by atoms with Crippen molar-refractivity contribution in [3.05, 3.63) is 47.9 Å². The van der Waals surface area contributed by atoms with Crippen LogP contribution in [0.5, 0.6) is 0 Å². The van der Waals surface area contributed by atoms with E-state index in [-0.39, 0.29) is 5.91 Å². The summed E-state index contributed by atoms with van der Waals surface area (Å²) >= 11 is 0. The van der Waals surface area contributed by atoms with Gasteiger partial charge in [0.05, 0.1) is 11.9 Å². The molecule has 0 atom stereocenters. The summed E-state index contributed by atoms with van der Waals surface area (Å²) in [5, 5.41) is 8.02. The Bertz CT molecular complexity index is 767. The van der Waals surface area contributed by atoms with Crippen LogP contribution in [0, 0.1) is 0 Å². The Morgan fingerprint density at radius 3 is 3.00 bits per heavy atom. The minimum absolute atomic E-state index is 0.202. The van der Waals surface area contributed by atoms with Gasteiger partial charge in [0.25, 0.3) is 5.91 Å². The van der Waals surface area contributed by atoms with Crippen LogP contribution < -0.4 is 11.1 Å². The van der Waals surface area contributed by atoms with Crippen LogP contribution >= 0.6 is 0 Å². The Morgan fingerprint density at radius 2 is 2.24 bits per heavy atom. The molecule has 0 fully saturated rings. The van der Waals surface area contributed by atoms with E-state index in [1.54, 1.807) is 7.05 Å². The number of aromatic amines is 1. The van der Waals surface area contributed by atoms with E-state index in [1.807, 2.05) is 24.4 Å². The zero-order valence-electron chi connectivity index (χ0n) is 11.8. The average molecular weight is 283 g/mol. The number of aromatic nitrogens is 3. The zero-order valence-corrected chi connectivity index (χ0v) is 11.8. The Balaban J connectivity index is 1.65. The third-order valence-electron chi connectivity index (χ3n) is 3.54. The number of carbonyl (C=O) groups excluding carboxylic acids is 1. The van der Waals surface area contributed by atoms with Crippen LogP contribution in [0.2, 0.25) is 0 Å². The lowest BCUT2D eigenvalue weighted by Crippen LogP contribution is -2.28. The van der Waals surface area contributed by atoms with Crippen molar-refractivity contribution in [2.24, 2.45) is 7.05 Å². The molecule has 3 rings (SSSR count). The molecule has 6 heteroatoms. The molecular weight excluding hydrogens is 266 g/mol. The fourth-order valence-electron chi connectivity index (χ4n) is 2.47. The molecule has 0 unspecified atom stereocenters. The monoisotopic (exact) mass is 283 g/mol. The highest BCUT2D eigenvalue weighted by molar-refractivity contribution is 5.97.